The lowest BCUT2D eigenvalue weighted by molar-refractivity contribution is 0.414. The number of phenolic OH excluding ortho intramolecular Hbond substituents is 1. The number of benzene rings is 3. The summed E-state index contributed by atoms with van der Waals surface area (Å²) in [6, 6.07) is 24.0. The Hall–Kier alpha value is -3.52. The Morgan fingerprint density at radius 1 is 0.800 bits per heavy atom. The van der Waals surface area contributed by atoms with Crippen LogP contribution in [0.15, 0.2) is 109 Å². The fourth-order valence-electron chi connectivity index (χ4n) is 4.19. The summed E-state index contributed by atoms with van der Waals surface area (Å²) in [4.78, 5) is 0. The van der Waals surface area contributed by atoms with Crippen LogP contribution in [0.2, 0.25) is 0 Å². The fraction of sp³-hybridized carbons (Fsp3) is 0.143. The zero-order valence-corrected chi connectivity index (χ0v) is 17.8. The van der Waals surface area contributed by atoms with Crippen LogP contribution < -0.4 is 0 Å². The molecule has 0 unspecified atom stereocenters. The van der Waals surface area contributed by atoms with Gasteiger partial charge in [-0.05, 0) is 72.4 Å². The first-order valence-corrected chi connectivity index (χ1v) is 10.0. The van der Waals surface area contributed by atoms with Crippen LogP contribution in [0.1, 0.15) is 34.7 Å². The monoisotopic (exact) mass is 396 g/mol. The van der Waals surface area contributed by atoms with Gasteiger partial charge in [-0.3, -0.25) is 0 Å². The van der Waals surface area contributed by atoms with E-state index >= 15 is 0 Å². The molecular weight excluding hydrogens is 368 g/mol. The molecule has 0 atom stereocenters. The summed E-state index contributed by atoms with van der Waals surface area (Å²) in [7, 11) is 0. The topological polar surface area (TPSA) is 40.5 Å². The lowest BCUT2D eigenvalue weighted by Gasteiger charge is -2.39. The summed E-state index contributed by atoms with van der Waals surface area (Å²) < 4.78 is 0. The van der Waals surface area contributed by atoms with Crippen molar-refractivity contribution in [2.45, 2.75) is 26.2 Å². The van der Waals surface area contributed by atoms with Crippen molar-refractivity contribution >= 4 is 0 Å². The van der Waals surface area contributed by atoms with E-state index in [0.29, 0.717) is 0 Å². The van der Waals surface area contributed by atoms with Crippen molar-refractivity contribution in [3.63, 3.8) is 0 Å². The molecule has 0 heterocycles. The lowest BCUT2D eigenvalue weighted by atomic mass is 9.62. The van der Waals surface area contributed by atoms with Crippen LogP contribution in [0.4, 0.5) is 0 Å². The molecule has 30 heavy (non-hydrogen) atoms. The van der Waals surface area contributed by atoms with E-state index in [9.17, 15) is 10.2 Å². The van der Waals surface area contributed by atoms with Gasteiger partial charge < -0.3 is 10.2 Å². The number of hydrogen-bond donors (Lipinski definition) is 2. The average molecular weight is 397 g/mol. The Kier molecular flexibility index (Phi) is 6.27. The van der Waals surface area contributed by atoms with Crippen molar-refractivity contribution < 1.29 is 10.2 Å². The van der Waals surface area contributed by atoms with Crippen LogP contribution >= 0.6 is 0 Å². The van der Waals surface area contributed by atoms with Gasteiger partial charge in [-0.15, -0.1) is 0 Å². The predicted molar refractivity (Wildman–Crippen MR) is 125 cm³/mol. The minimum Gasteiger partial charge on any atom is -0.513 e. The molecule has 2 heteroatoms. The molecule has 152 valence electrons. The van der Waals surface area contributed by atoms with Gasteiger partial charge in [0, 0.05) is 0 Å². The molecule has 0 spiro atoms. The first-order chi connectivity index (χ1) is 14.4. The van der Waals surface area contributed by atoms with Crippen molar-refractivity contribution in [2.75, 3.05) is 0 Å². The molecule has 0 bridgehead atoms. The summed E-state index contributed by atoms with van der Waals surface area (Å²) in [6.45, 7) is 10.00. The highest BCUT2D eigenvalue weighted by Crippen LogP contribution is 2.48. The minimum absolute atomic E-state index is 0.220. The molecule has 0 saturated heterocycles. The zero-order chi connectivity index (χ0) is 21.7. The average Bonchev–Trinajstić information content (AvgIpc) is 2.73. The maximum Gasteiger partial charge on any atom is 0.115 e. The molecule has 2 nitrogen and oxygen atoms in total. The number of aliphatic hydroxyl groups is 1. The Bertz CT molecular complexity index is 1050. The van der Waals surface area contributed by atoms with E-state index in [-0.39, 0.29) is 11.5 Å². The highest BCUT2D eigenvalue weighted by atomic mass is 16.3. The smallest absolute Gasteiger partial charge is 0.115 e. The Labute approximate surface area is 179 Å². The number of allylic oxidation sites excluding steroid dienone is 5. The van der Waals surface area contributed by atoms with Gasteiger partial charge in [0.25, 0.3) is 0 Å². The first kappa shape index (κ1) is 21.2. The molecule has 0 amide bonds. The zero-order valence-electron chi connectivity index (χ0n) is 17.8. The molecule has 0 aliphatic heterocycles. The van der Waals surface area contributed by atoms with Crippen LogP contribution in [-0.4, -0.2) is 10.2 Å². The molecule has 0 saturated carbocycles. The number of aromatic hydroxyl groups is 1. The van der Waals surface area contributed by atoms with Gasteiger partial charge in [-0.25, -0.2) is 0 Å². The maximum atomic E-state index is 9.97. The highest BCUT2D eigenvalue weighted by molar-refractivity contribution is 5.64. The van der Waals surface area contributed by atoms with Gasteiger partial charge in [0.2, 0.25) is 0 Å². The molecule has 0 aromatic heterocycles. The van der Waals surface area contributed by atoms with E-state index in [1.807, 2.05) is 48.6 Å². The summed E-state index contributed by atoms with van der Waals surface area (Å²) in [5, 5.41) is 19.8. The molecule has 0 aliphatic rings. The second-order valence-corrected chi connectivity index (χ2v) is 7.56. The second kappa shape index (κ2) is 8.87. The quantitative estimate of drug-likeness (QED) is 0.270. The largest absolute Gasteiger partial charge is 0.513 e. The van der Waals surface area contributed by atoms with E-state index in [4.69, 9.17) is 0 Å². The molecule has 0 radical (unpaired) electrons. The van der Waals surface area contributed by atoms with Gasteiger partial charge in [0.05, 0.1) is 11.2 Å². The van der Waals surface area contributed by atoms with E-state index in [1.54, 1.807) is 25.1 Å². The standard InChI is InChI=1S/C28H28O2/c1-5-23(15-14-22(4)29)28(24-16-18-25(30)19-17-24,26-12-8-6-10-20(26)2)27-13-9-7-11-21(27)3/h5-19,29-30H,1H2,2-4H3/b22-14+,23-15+. The number of phenols is 1. The SMILES string of the molecule is C=C/C(=C\C=C(/C)O)C(c1ccc(O)cc1)(c1ccccc1C)c1ccccc1C. The summed E-state index contributed by atoms with van der Waals surface area (Å²) in [5.74, 6) is 0.445. The number of aryl methyl sites for hydroxylation is 2. The third-order valence-corrected chi connectivity index (χ3v) is 5.56. The van der Waals surface area contributed by atoms with E-state index < -0.39 is 5.41 Å². The minimum atomic E-state index is -0.669. The molecular formula is C28H28O2. The van der Waals surface area contributed by atoms with Crippen molar-refractivity contribution in [1.29, 1.82) is 0 Å². The van der Waals surface area contributed by atoms with Crippen LogP contribution in [-0.2, 0) is 5.41 Å². The van der Waals surface area contributed by atoms with Crippen molar-refractivity contribution in [1.82, 2.24) is 0 Å². The summed E-state index contributed by atoms with van der Waals surface area (Å²) in [5.41, 5.74) is 5.82. The molecule has 3 aromatic carbocycles. The molecule has 0 aliphatic carbocycles. The molecule has 0 fully saturated rings. The van der Waals surface area contributed by atoms with Gasteiger partial charge in [0.15, 0.2) is 0 Å². The first-order valence-electron chi connectivity index (χ1n) is 10.0. The van der Waals surface area contributed by atoms with Gasteiger partial charge >= 0.3 is 0 Å². The third-order valence-electron chi connectivity index (χ3n) is 5.56. The molecule has 2 N–H and O–H groups in total. The second-order valence-electron chi connectivity index (χ2n) is 7.56. The summed E-state index contributed by atoms with van der Waals surface area (Å²) in [6.07, 6.45) is 5.47. The van der Waals surface area contributed by atoms with Gasteiger partial charge in [-0.2, -0.15) is 0 Å². The van der Waals surface area contributed by atoms with E-state index in [2.05, 4.69) is 44.7 Å². The van der Waals surface area contributed by atoms with Crippen molar-refractivity contribution in [3.8, 4) is 5.75 Å². The highest BCUT2D eigenvalue weighted by Gasteiger charge is 2.40. The normalized spacial score (nSPS) is 12.6. The number of rotatable bonds is 6. The predicted octanol–water partition coefficient (Wildman–Crippen LogP) is 6.92. The maximum absolute atomic E-state index is 9.97. The molecule has 3 aromatic rings. The van der Waals surface area contributed by atoms with Crippen molar-refractivity contribution in [3.05, 3.63) is 137 Å². The van der Waals surface area contributed by atoms with Crippen LogP contribution in [0, 0.1) is 13.8 Å². The molecule has 3 rings (SSSR count). The van der Waals surface area contributed by atoms with Gasteiger partial charge in [-0.1, -0.05) is 79.4 Å². The van der Waals surface area contributed by atoms with E-state index in [0.717, 1.165) is 33.4 Å². The van der Waals surface area contributed by atoms with Crippen LogP contribution in [0.3, 0.4) is 0 Å². The van der Waals surface area contributed by atoms with Crippen molar-refractivity contribution in [2.24, 2.45) is 0 Å². The number of aliphatic hydroxyl groups excluding tert-OH is 1. The van der Waals surface area contributed by atoms with Crippen LogP contribution in [0.5, 0.6) is 5.75 Å². The Morgan fingerprint density at radius 3 is 1.73 bits per heavy atom. The number of hydrogen-bond acceptors (Lipinski definition) is 2. The van der Waals surface area contributed by atoms with E-state index in [1.165, 1.54) is 0 Å². The third kappa shape index (κ3) is 3.81. The summed E-state index contributed by atoms with van der Waals surface area (Å²) >= 11 is 0. The fourth-order valence-corrected chi connectivity index (χ4v) is 4.19. The Balaban J connectivity index is 2.56. The lowest BCUT2D eigenvalue weighted by Crippen LogP contribution is -2.33. The van der Waals surface area contributed by atoms with Gasteiger partial charge in [0.1, 0.15) is 5.75 Å². The Morgan fingerprint density at radius 2 is 1.30 bits per heavy atom. The van der Waals surface area contributed by atoms with Crippen LogP contribution in [0.25, 0.3) is 0 Å².